The summed E-state index contributed by atoms with van der Waals surface area (Å²) in [7, 11) is 1.51. The van der Waals surface area contributed by atoms with Gasteiger partial charge in [-0.05, 0) is 13.8 Å². The maximum absolute atomic E-state index is 11.7. The summed E-state index contributed by atoms with van der Waals surface area (Å²) in [5, 5.41) is 11.6. The second-order valence-corrected chi connectivity index (χ2v) is 4.84. The molecular weight excluding hydrogens is 240 g/mol. The molecule has 1 heterocycles. The first kappa shape index (κ1) is 13.6. The molecule has 1 atom stereocenters. The van der Waals surface area contributed by atoms with E-state index >= 15 is 0 Å². The van der Waals surface area contributed by atoms with Crippen molar-refractivity contribution in [1.82, 2.24) is 9.88 Å². The van der Waals surface area contributed by atoms with Gasteiger partial charge < -0.3 is 10.0 Å². The van der Waals surface area contributed by atoms with E-state index in [4.69, 9.17) is 5.11 Å². The van der Waals surface area contributed by atoms with Gasteiger partial charge in [0.05, 0.1) is 5.01 Å². The zero-order chi connectivity index (χ0) is 13.0. The highest BCUT2D eigenvalue weighted by Crippen LogP contribution is 2.12. The molecule has 0 spiro atoms. The summed E-state index contributed by atoms with van der Waals surface area (Å²) >= 11 is 1.52. The number of carbonyl (C=O) groups is 2. The number of carboxylic acid groups (broad SMARTS) is 1. The summed E-state index contributed by atoms with van der Waals surface area (Å²) in [5.41, 5.74) is 0.949. The molecule has 6 heteroatoms. The number of nitrogens with zero attached hydrogens (tertiary/aromatic N) is 2. The van der Waals surface area contributed by atoms with Crippen LogP contribution < -0.4 is 0 Å². The van der Waals surface area contributed by atoms with Gasteiger partial charge >= 0.3 is 5.97 Å². The number of hydrogen-bond donors (Lipinski definition) is 1. The van der Waals surface area contributed by atoms with Crippen LogP contribution in [0.5, 0.6) is 0 Å². The molecule has 0 fully saturated rings. The molecule has 0 aliphatic rings. The Hall–Kier alpha value is -1.43. The topological polar surface area (TPSA) is 70.5 Å². The Morgan fingerprint density at radius 2 is 2.24 bits per heavy atom. The molecule has 94 valence electrons. The van der Waals surface area contributed by atoms with Crippen LogP contribution in [-0.2, 0) is 16.0 Å². The summed E-state index contributed by atoms with van der Waals surface area (Å²) in [4.78, 5) is 27.9. The first-order valence-corrected chi connectivity index (χ1v) is 6.19. The second-order valence-electron chi connectivity index (χ2n) is 3.90. The van der Waals surface area contributed by atoms with Gasteiger partial charge in [0.15, 0.2) is 0 Å². The van der Waals surface area contributed by atoms with Crippen molar-refractivity contribution in [2.24, 2.45) is 0 Å². The lowest BCUT2D eigenvalue weighted by atomic mass is 10.2. The highest BCUT2D eigenvalue weighted by molar-refractivity contribution is 7.09. The third-order valence-corrected chi connectivity index (χ3v) is 3.58. The van der Waals surface area contributed by atoms with Crippen LogP contribution in [0.15, 0.2) is 5.38 Å². The van der Waals surface area contributed by atoms with Gasteiger partial charge in [0.2, 0.25) is 5.91 Å². The van der Waals surface area contributed by atoms with Crippen molar-refractivity contribution in [2.75, 3.05) is 7.05 Å². The SMILES string of the molecule is Cc1csc(CCC(=O)N(C)C(C)C(=O)O)n1. The van der Waals surface area contributed by atoms with Gasteiger partial charge in [0.1, 0.15) is 6.04 Å². The van der Waals surface area contributed by atoms with Gasteiger partial charge in [-0.3, -0.25) is 4.79 Å². The van der Waals surface area contributed by atoms with Gasteiger partial charge in [-0.25, -0.2) is 9.78 Å². The van der Waals surface area contributed by atoms with Crippen LogP contribution in [0.1, 0.15) is 24.0 Å². The predicted molar refractivity (Wildman–Crippen MR) is 65.0 cm³/mol. The zero-order valence-electron chi connectivity index (χ0n) is 10.1. The van der Waals surface area contributed by atoms with E-state index in [1.165, 1.54) is 30.2 Å². The van der Waals surface area contributed by atoms with Crippen LogP contribution in [-0.4, -0.2) is 40.0 Å². The number of aliphatic carboxylic acids is 1. The number of thiazole rings is 1. The Morgan fingerprint density at radius 1 is 1.59 bits per heavy atom. The quantitative estimate of drug-likeness (QED) is 0.862. The number of hydrogen-bond acceptors (Lipinski definition) is 4. The molecule has 0 radical (unpaired) electrons. The Balaban J connectivity index is 2.47. The summed E-state index contributed by atoms with van der Waals surface area (Å²) in [6, 6.07) is -0.791. The van der Waals surface area contributed by atoms with Gasteiger partial charge in [-0.2, -0.15) is 0 Å². The van der Waals surface area contributed by atoms with Gasteiger partial charge in [-0.1, -0.05) is 0 Å². The lowest BCUT2D eigenvalue weighted by molar-refractivity contribution is -0.148. The molecule has 1 N–H and O–H groups in total. The van der Waals surface area contributed by atoms with Gasteiger partial charge in [0.25, 0.3) is 0 Å². The van der Waals surface area contributed by atoms with E-state index in [9.17, 15) is 9.59 Å². The highest BCUT2D eigenvalue weighted by atomic mass is 32.1. The molecule has 5 nitrogen and oxygen atoms in total. The fraction of sp³-hybridized carbons (Fsp3) is 0.545. The van der Waals surface area contributed by atoms with Gasteiger partial charge in [0, 0.05) is 31.0 Å². The van der Waals surface area contributed by atoms with Crippen molar-refractivity contribution in [3.63, 3.8) is 0 Å². The maximum atomic E-state index is 11.7. The van der Waals surface area contributed by atoms with Crippen LogP contribution in [0.4, 0.5) is 0 Å². The first-order chi connectivity index (χ1) is 7.91. The Kier molecular flexibility index (Phi) is 4.62. The number of carboxylic acids is 1. The lowest BCUT2D eigenvalue weighted by Gasteiger charge is -2.21. The third kappa shape index (κ3) is 3.81. The van der Waals surface area contributed by atoms with E-state index in [0.29, 0.717) is 12.8 Å². The largest absolute Gasteiger partial charge is 0.480 e. The molecular formula is C11H16N2O3S. The Labute approximate surface area is 104 Å². The molecule has 1 amide bonds. The number of likely N-dealkylation sites (N-methyl/N-ethyl adjacent to an activating group) is 1. The van der Waals surface area contributed by atoms with Gasteiger partial charge in [-0.15, -0.1) is 11.3 Å². The van der Waals surface area contributed by atoms with Crippen molar-refractivity contribution in [2.45, 2.75) is 32.7 Å². The fourth-order valence-corrected chi connectivity index (χ4v) is 2.07. The number of amides is 1. The molecule has 1 aromatic heterocycles. The predicted octanol–water partition coefficient (Wildman–Crippen LogP) is 1.32. The van der Waals surface area contributed by atoms with E-state index in [0.717, 1.165) is 10.7 Å². The molecule has 1 rings (SSSR count). The molecule has 0 bridgehead atoms. The third-order valence-electron chi connectivity index (χ3n) is 2.55. The molecule has 0 aliphatic heterocycles. The molecule has 0 saturated carbocycles. The molecule has 17 heavy (non-hydrogen) atoms. The average Bonchev–Trinajstić information content (AvgIpc) is 2.69. The first-order valence-electron chi connectivity index (χ1n) is 5.31. The van der Waals surface area contributed by atoms with Crippen LogP contribution in [0, 0.1) is 6.92 Å². The van der Waals surface area contributed by atoms with Crippen LogP contribution >= 0.6 is 11.3 Å². The van der Waals surface area contributed by atoms with Crippen molar-refractivity contribution in [1.29, 1.82) is 0 Å². The number of aromatic nitrogens is 1. The lowest BCUT2D eigenvalue weighted by Crippen LogP contribution is -2.40. The van der Waals surface area contributed by atoms with E-state index < -0.39 is 12.0 Å². The highest BCUT2D eigenvalue weighted by Gasteiger charge is 2.21. The van der Waals surface area contributed by atoms with Crippen molar-refractivity contribution >= 4 is 23.2 Å². The minimum absolute atomic E-state index is 0.173. The monoisotopic (exact) mass is 256 g/mol. The fourth-order valence-electron chi connectivity index (χ4n) is 1.29. The van der Waals surface area contributed by atoms with E-state index in [-0.39, 0.29) is 5.91 Å². The number of carbonyl (C=O) groups excluding carboxylic acids is 1. The molecule has 1 aromatic rings. The van der Waals surface area contributed by atoms with Crippen LogP contribution in [0.3, 0.4) is 0 Å². The molecule has 0 aliphatic carbocycles. The molecule has 0 aromatic carbocycles. The Bertz CT molecular complexity index is 417. The average molecular weight is 256 g/mol. The molecule has 1 unspecified atom stereocenters. The summed E-state index contributed by atoms with van der Waals surface area (Å²) in [6.45, 7) is 3.40. The summed E-state index contributed by atoms with van der Waals surface area (Å²) in [5.74, 6) is -1.17. The zero-order valence-corrected chi connectivity index (χ0v) is 11.0. The minimum atomic E-state index is -0.994. The normalized spacial score (nSPS) is 12.2. The van der Waals surface area contributed by atoms with Crippen molar-refractivity contribution < 1.29 is 14.7 Å². The summed E-state index contributed by atoms with van der Waals surface area (Å²) < 4.78 is 0. The smallest absolute Gasteiger partial charge is 0.326 e. The van der Waals surface area contributed by atoms with Crippen molar-refractivity contribution in [3.8, 4) is 0 Å². The standard InChI is InChI=1S/C11H16N2O3S/c1-7-6-17-9(12-7)4-5-10(14)13(3)8(2)11(15)16/h6,8H,4-5H2,1-3H3,(H,15,16). The number of aryl methyl sites for hydroxylation is 2. The van der Waals surface area contributed by atoms with E-state index in [1.807, 2.05) is 12.3 Å². The van der Waals surface area contributed by atoms with Crippen LogP contribution in [0.2, 0.25) is 0 Å². The second kappa shape index (κ2) is 5.77. The van der Waals surface area contributed by atoms with E-state index in [1.54, 1.807) is 0 Å². The molecule has 0 saturated heterocycles. The summed E-state index contributed by atoms with van der Waals surface area (Å²) in [6.07, 6.45) is 0.856. The minimum Gasteiger partial charge on any atom is -0.480 e. The van der Waals surface area contributed by atoms with Crippen LogP contribution in [0.25, 0.3) is 0 Å². The number of rotatable bonds is 5. The van der Waals surface area contributed by atoms with Crippen molar-refractivity contribution in [3.05, 3.63) is 16.1 Å². The maximum Gasteiger partial charge on any atom is 0.326 e. The van der Waals surface area contributed by atoms with E-state index in [2.05, 4.69) is 4.98 Å². The Morgan fingerprint density at radius 3 is 2.71 bits per heavy atom.